The van der Waals surface area contributed by atoms with Crippen LogP contribution in [-0.2, 0) is 4.79 Å². The summed E-state index contributed by atoms with van der Waals surface area (Å²) in [7, 11) is 0. The maximum atomic E-state index is 10.2. The number of aliphatic hydroxyl groups excluding tert-OH is 1. The number of unbranched alkanes of at least 4 members (excludes halogenated alkanes) is 10. The number of carboxylic acids is 1. The summed E-state index contributed by atoms with van der Waals surface area (Å²) in [5, 5.41) is 19.3. The fourth-order valence-electron chi connectivity index (χ4n) is 2.30. The van der Waals surface area contributed by atoms with Gasteiger partial charge in [-0.1, -0.05) is 64.2 Å². The molecule has 1 atom stereocenters. The molecule has 0 saturated heterocycles. The zero-order valence-corrected chi connectivity index (χ0v) is 16.7. The standard InChI is InChI=1S/C16H32O3.K/c1-15(17)13-11-9-7-5-3-2-4-6-8-10-12-14-16(18)19;/h15,17H,2-14H2,1H3,(H,18,19);/q;+1/p-1. The molecule has 114 valence electrons. The van der Waals surface area contributed by atoms with E-state index in [1.165, 1.54) is 44.9 Å². The second kappa shape index (κ2) is 18.1. The summed E-state index contributed by atoms with van der Waals surface area (Å²) in [6.45, 7) is 1.85. The molecule has 0 aromatic carbocycles. The molecular formula is C16H31KO3. The van der Waals surface area contributed by atoms with Crippen molar-refractivity contribution in [3.63, 3.8) is 0 Å². The molecule has 4 heteroatoms. The summed E-state index contributed by atoms with van der Waals surface area (Å²) >= 11 is 0. The fraction of sp³-hybridized carbons (Fsp3) is 0.938. The normalized spacial score (nSPS) is 11.9. The number of aliphatic carboxylic acids is 1. The summed E-state index contributed by atoms with van der Waals surface area (Å²) < 4.78 is 0. The summed E-state index contributed by atoms with van der Waals surface area (Å²) in [5.74, 6) is -0.921. The smallest absolute Gasteiger partial charge is 0.550 e. The van der Waals surface area contributed by atoms with Crippen LogP contribution in [0.1, 0.15) is 90.4 Å². The van der Waals surface area contributed by atoms with E-state index in [0.29, 0.717) is 0 Å². The van der Waals surface area contributed by atoms with E-state index in [1.807, 2.05) is 6.92 Å². The minimum absolute atomic E-state index is 0. The van der Waals surface area contributed by atoms with Gasteiger partial charge in [0.1, 0.15) is 0 Å². The maximum absolute atomic E-state index is 10.2. The Labute approximate surface area is 167 Å². The Balaban J connectivity index is 0. The number of aliphatic hydroxyl groups is 1. The molecule has 1 N–H and O–H groups in total. The number of carbonyl (C=O) groups excluding carboxylic acids is 1. The molecule has 0 fully saturated rings. The Kier molecular flexibility index (Phi) is 21.1. The van der Waals surface area contributed by atoms with Crippen LogP contribution in [0.15, 0.2) is 0 Å². The van der Waals surface area contributed by atoms with Crippen molar-refractivity contribution < 1.29 is 66.4 Å². The van der Waals surface area contributed by atoms with E-state index in [1.54, 1.807) is 0 Å². The summed E-state index contributed by atoms with van der Waals surface area (Å²) in [5.41, 5.74) is 0. The molecule has 0 amide bonds. The van der Waals surface area contributed by atoms with Crippen molar-refractivity contribution in [1.29, 1.82) is 0 Å². The number of carboxylic acid groups (broad SMARTS) is 1. The third-order valence-electron chi connectivity index (χ3n) is 3.50. The van der Waals surface area contributed by atoms with Gasteiger partial charge < -0.3 is 15.0 Å². The zero-order chi connectivity index (χ0) is 14.3. The molecule has 0 aromatic rings. The molecular weight excluding hydrogens is 279 g/mol. The Morgan fingerprint density at radius 1 is 0.850 bits per heavy atom. The van der Waals surface area contributed by atoms with Gasteiger partial charge in [0, 0.05) is 5.97 Å². The van der Waals surface area contributed by atoms with Crippen LogP contribution in [0.4, 0.5) is 0 Å². The molecule has 0 heterocycles. The van der Waals surface area contributed by atoms with E-state index in [4.69, 9.17) is 5.11 Å². The molecule has 20 heavy (non-hydrogen) atoms. The number of carbonyl (C=O) groups is 1. The van der Waals surface area contributed by atoms with Gasteiger partial charge in [0.2, 0.25) is 0 Å². The van der Waals surface area contributed by atoms with Crippen LogP contribution >= 0.6 is 0 Å². The van der Waals surface area contributed by atoms with Gasteiger partial charge in [-0.2, -0.15) is 0 Å². The first-order valence-electron chi connectivity index (χ1n) is 8.01. The van der Waals surface area contributed by atoms with Crippen molar-refractivity contribution in [2.45, 2.75) is 96.5 Å². The number of rotatable bonds is 14. The van der Waals surface area contributed by atoms with E-state index in [0.717, 1.165) is 32.1 Å². The average Bonchev–Trinajstić information content (AvgIpc) is 2.34. The van der Waals surface area contributed by atoms with Crippen LogP contribution < -0.4 is 56.5 Å². The molecule has 0 spiro atoms. The zero-order valence-electron chi connectivity index (χ0n) is 13.5. The first-order chi connectivity index (χ1) is 9.13. The summed E-state index contributed by atoms with van der Waals surface area (Å²) in [4.78, 5) is 10.2. The van der Waals surface area contributed by atoms with E-state index in [-0.39, 0.29) is 63.9 Å². The Morgan fingerprint density at radius 3 is 1.55 bits per heavy atom. The second-order valence-corrected chi connectivity index (χ2v) is 5.65. The fourth-order valence-corrected chi connectivity index (χ4v) is 2.30. The number of hydrogen-bond acceptors (Lipinski definition) is 3. The van der Waals surface area contributed by atoms with Gasteiger partial charge in [-0.15, -0.1) is 0 Å². The topological polar surface area (TPSA) is 60.4 Å². The van der Waals surface area contributed by atoms with Crippen LogP contribution in [0, 0.1) is 0 Å². The first kappa shape index (κ1) is 23.3. The first-order valence-corrected chi connectivity index (χ1v) is 8.01. The molecule has 1 unspecified atom stereocenters. The Bertz CT molecular complexity index is 208. The largest absolute Gasteiger partial charge is 1.00 e. The molecule has 0 saturated carbocycles. The summed E-state index contributed by atoms with van der Waals surface area (Å²) in [6.07, 6.45) is 14.1. The Morgan fingerprint density at radius 2 is 1.20 bits per heavy atom. The maximum Gasteiger partial charge on any atom is 1.00 e. The van der Waals surface area contributed by atoms with Gasteiger partial charge in [-0.3, -0.25) is 0 Å². The van der Waals surface area contributed by atoms with Crippen LogP contribution in [-0.4, -0.2) is 17.2 Å². The van der Waals surface area contributed by atoms with Crippen molar-refractivity contribution >= 4 is 5.97 Å². The summed E-state index contributed by atoms with van der Waals surface area (Å²) in [6, 6.07) is 0. The van der Waals surface area contributed by atoms with Crippen LogP contribution in [0.5, 0.6) is 0 Å². The molecule has 0 aliphatic carbocycles. The molecule has 0 radical (unpaired) electrons. The number of hydrogen-bond donors (Lipinski definition) is 1. The van der Waals surface area contributed by atoms with E-state index >= 15 is 0 Å². The van der Waals surface area contributed by atoms with Crippen molar-refractivity contribution in [3.8, 4) is 0 Å². The van der Waals surface area contributed by atoms with Crippen molar-refractivity contribution in [2.24, 2.45) is 0 Å². The van der Waals surface area contributed by atoms with Crippen molar-refractivity contribution in [2.75, 3.05) is 0 Å². The van der Waals surface area contributed by atoms with Gasteiger partial charge in [-0.25, -0.2) is 0 Å². The van der Waals surface area contributed by atoms with Crippen molar-refractivity contribution in [3.05, 3.63) is 0 Å². The van der Waals surface area contributed by atoms with E-state index in [9.17, 15) is 9.90 Å². The van der Waals surface area contributed by atoms with Crippen LogP contribution in [0.2, 0.25) is 0 Å². The molecule has 0 rings (SSSR count). The second-order valence-electron chi connectivity index (χ2n) is 5.65. The Hall–Kier alpha value is 1.07. The van der Waals surface area contributed by atoms with Gasteiger partial charge in [-0.05, 0) is 26.2 Å². The molecule has 3 nitrogen and oxygen atoms in total. The predicted molar refractivity (Wildman–Crippen MR) is 76.7 cm³/mol. The SMILES string of the molecule is CC(O)CCCCCCCCCCCCCC(=O)[O-].[K+]. The van der Waals surface area contributed by atoms with Gasteiger partial charge in [0.05, 0.1) is 6.10 Å². The minimum atomic E-state index is -0.921. The average molecular weight is 311 g/mol. The third kappa shape index (κ3) is 21.4. The van der Waals surface area contributed by atoms with E-state index < -0.39 is 5.97 Å². The molecule has 0 aromatic heterocycles. The monoisotopic (exact) mass is 310 g/mol. The molecule has 0 aliphatic heterocycles. The van der Waals surface area contributed by atoms with Crippen LogP contribution in [0.3, 0.4) is 0 Å². The molecule has 0 bridgehead atoms. The minimum Gasteiger partial charge on any atom is -0.550 e. The molecule has 0 aliphatic rings. The van der Waals surface area contributed by atoms with Gasteiger partial charge in [0.15, 0.2) is 0 Å². The van der Waals surface area contributed by atoms with Crippen molar-refractivity contribution in [1.82, 2.24) is 0 Å². The quantitative estimate of drug-likeness (QED) is 0.368. The predicted octanol–water partition coefficient (Wildman–Crippen LogP) is 0.192. The van der Waals surface area contributed by atoms with Gasteiger partial charge in [0.25, 0.3) is 0 Å². The van der Waals surface area contributed by atoms with Gasteiger partial charge >= 0.3 is 51.4 Å². The van der Waals surface area contributed by atoms with E-state index in [2.05, 4.69) is 0 Å². The third-order valence-corrected chi connectivity index (χ3v) is 3.50. The van der Waals surface area contributed by atoms with Crippen LogP contribution in [0.25, 0.3) is 0 Å².